The van der Waals surface area contributed by atoms with E-state index in [2.05, 4.69) is 10.2 Å². The quantitative estimate of drug-likeness (QED) is 0.740. The maximum Gasteiger partial charge on any atom is 0.219 e. The zero-order chi connectivity index (χ0) is 10.2. The summed E-state index contributed by atoms with van der Waals surface area (Å²) in [6.45, 7) is 6.14. The summed E-state index contributed by atoms with van der Waals surface area (Å²) in [5.74, 6) is 0.167. The van der Waals surface area contributed by atoms with Crippen LogP contribution >= 0.6 is 0 Å². The highest BCUT2D eigenvalue weighted by Gasteiger charge is 2.08. The fourth-order valence-corrected chi connectivity index (χ4v) is 1.84. The molecule has 1 fully saturated rings. The minimum Gasteiger partial charge on any atom is -0.355 e. The Morgan fingerprint density at radius 3 is 2.43 bits per heavy atom. The van der Waals surface area contributed by atoms with Crippen molar-refractivity contribution in [2.24, 2.45) is 0 Å². The molecule has 1 N–H and O–H groups in total. The third kappa shape index (κ3) is 4.61. The van der Waals surface area contributed by atoms with Crippen LogP contribution in [0, 0.1) is 0 Å². The summed E-state index contributed by atoms with van der Waals surface area (Å²) in [6.07, 6.45) is 5.99. The number of amides is 1. The molecule has 0 spiro atoms. The second-order valence-electron chi connectivity index (χ2n) is 3.96. The van der Waals surface area contributed by atoms with Crippen LogP contribution in [0.1, 0.15) is 39.0 Å². The number of nitrogens with zero attached hydrogens (tertiary/aromatic N) is 1. The van der Waals surface area contributed by atoms with Crippen molar-refractivity contribution < 1.29 is 4.79 Å². The number of likely N-dealkylation sites (tertiary alicyclic amines) is 1. The van der Waals surface area contributed by atoms with Crippen LogP contribution < -0.4 is 5.32 Å². The highest BCUT2D eigenvalue weighted by Crippen LogP contribution is 2.08. The molecule has 1 saturated heterocycles. The van der Waals surface area contributed by atoms with Crippen LogP contribution in [0.15, 0.2) is 0 Å². The van der Waals surface area contributed by atoms with Crippen LogP contribution in [0.25, 0.3) is 0 Å². The first-order valence-corrected chi connectivity index (χ1v) is 5.82. The van der Waals surface area contributed by atoms with Gasteiger partial charge in [-0.25, -0.2) is 0 Å². The van der Waals surface area contributed by atoms with Gasteiger partial charge in [-0.1, -0.05) is 19.8 Å². The third-order valence-electron chi connectivity index (χ3n) is 2.77. The Labute approximate surface area is 86.9 Å². The van der Waals surface area contributed by atoms with Crippen molar-refractivity contribution in [2.75, 3.05) is 26.2 Å². The Balaban J connectivity index is 2.07. The van der Waals surface area contributed by atoms with Crippen LogP contribution in [0.3, 0.4) is 0 Å². The van der Waals surface area contributed by atoms with Crippen molar-refractivity contribution >= 4 is 5.91 Å². The maximum atomic E-state index is 11.0. The smallest absolute Gasteiger partial charge is 0.219 e. The predicted molar refractivity (Wildman–Crippen MR) is 58.2 cm³/mol. The number of carbonyl (C=O) groups is 1. The molecule has 1 amide bonds. The van der Waals surface area contributed by atoms with Crippen LogP contribution in [-0.4, -0.2) is 37.0 Å². The Morgan fingerprint density at radius 2 is 1.86 bits per heavy atom. The van der Waals surface area contributed by atoms with Gasteiger partial charge in [-0.05, 0) is 25.9 Å². The van der Waals surface area contributed by atoms with Gasteiger partial charge in [0.15, 0.2) is 0 Å². The van der Waals surface area contributed by atoms with E-state index in [1.165, 1.54) is 38.8 Å². The molecule has 0 aliphatic carbocycles. The molecule has 3 nitrogen and oxygen atoms in total. The highest BCUT2D eigenvalue weighted by atomic mass is 16.1. The minimum atomic E-state index is 0.167. The van der Waals surface area contributed by atoms with E-state index >= 15 is 0 Å². The van der Waals surface area contributed by atoms with Gasteiger partial charge in [0.05, 0.1) is 0 Å². The van der Waals surface area contributed by atoms with Crippen molar-refractivity contribution in [3.05, 3.63) is 0 Å². The van der Waals surface area contributed by atoms with Crippen molar-refractivity contribution in [2.45, 2.75) is 39.0 Å². The molecule has 3 heteroatoms. The Morgan fingerprint density at radius 1 is 1.21 bits per heavy atom. The van der Waals surface area contributed by atoms with Crippen molar-refractivity contribution in [1.82, 2.24) is 10.2 Å². The van der Waals surface area contributed by atoms with Crippen LogP contribution in [-0.2, 0) is 4.79 Å². The van der Waals surface area contributed by atoms with Crippen LogP contribution in [0.2, 0.25) is 0 Å². The second-order valence-corrected chi connectivity index (χ2v) is 3.96. The summed E-state index contributed by atoms with van der Waals surface area (Å²) in [4.78, 5) is 13.5. The van der Waals surface area contributed by atoms with E-state index < -0.39 is 0 Å². The van der Waals surface area contributed by atoms with Gasteiger partial charge in [0.25, 0.3) is 0 Å². The molecule has 0 aromatic rings. The molecule has 0 radical (unpaired) electrons. The number of rotatable bonds is 4. The largest absolute Gasteiger partial charge is 0.355 e. The van der Waals surface area contributed by atoms with Crippen molar-refractivity contribution in [3.8, 4) is 0 Å². The average molecular weight is 198 g/mol. The van der Waals surface area contributed by atoms with Crippen molar-refractivity contribution in [1.29, 1.82) is 0 Å². The molecule has 0 bridgehead atoms. The topological polar surface area (TPSA) is 32.3 Å². The van der Waals surface area contributed by atoms with E-state index in [1.54, 1.807) is 0 Å². The van der Waals surface area contributed by atoms with Gasteiger partial charge < -0.3 is 10.2 Å². The monoisotopic (exact) mass is 198 g/mol. The summed E-state index contributed by atoms with van der Waals surface area (Å²) in [5.41, 5.74) is 0. The molecule has 1 rings (SSSR count). The first-order valence-electron chi connectivity index (χ1n) is 5.82. The summed E-state index contributed by atoms with van der Waals surface area (Å²) < 4.78 is 0. The molecular formula is C11H22N2O. The molecule has 0 atom stereocenters. The van der Waals surface area contributed by atoms with E-state index in [0.29, 0.717) is 6.42 Å². The molecule has 1 aliphatic heterocycles. The summed E-state index contributed by atoms with van der Waals surface area (Å²) in [5, 5.41) is 2.92. The fraction of sp³-hybridized carbons (Fsp3) is 0.909. The normalized spacial score (nSPS) is 18.9. The third-order valence-corrected chi connectivity index (χ3v) is 2.77. The Kier molecular flexibility index (Phi) is 5.60. The molecule has 1 heterocycles. The Bertz CT molecular complexity index is 163. The minimum absolute atomic E-state index is 0.167. The second kappa shape index (κ2) is 6.82. The van der Waals surface area contributed by atoms with E-state index in [9.17, 15) is 4.79 Å². The average Bonchev–Trinajstić information content (AvgIpc) is 2.46. The van der Waals surface area contributed by atoms with Gasteiger partial charge in [0.1, 0.15) is 0 Å². The predicted octanol–water partition coefficient (Wildman–Crippen LogP) is 1.39. The van der Waals surface area contributed by atoms with Gasteiger partial charge >= 0.3 is 0 Å². The lowest BCUT2D eigenvalue weighted by molar-refractivity contribution is -0.120. The van der Waals surface area contributed by atoms with E-state index in [0.717, 1.165) is 13.1 Å². The molecular weight excluding hydrogens is 176 g/mol. The molecule has 0 aromatic carbocycles. The lowest BCUT2D eigenvalue weighted by atomic mass is 10.2. The summed E-state index contributed by atoms with van der Waals surface area (Å²) in [6, 6.07) is 0. The number of nitrogens with one attached hydrogen (secondary N) is 1. The van der Waals surface area contributed by atoms with Crippen molar-refractivity contribution in [3.63, 3.8) is 0 Å². The molecule has 0 unspecified atom stereocenters. The summed E-state index contributed by atoms with van der Waals surface area (Å²) in [7, 11) is 0. The molecule has 0 aromatic heterocycles. The lowest BCUT2D eigenvalue weighted by Gasteiger charge is -2.19. The highest BCUT2D eigenvalue weighted by molar-refractivity contribution is 5.75. The first kappa shape index (κ1) is 11.5. The van der Waals surface area contributed by atoms with Crippen LogP contribution in [0.5, 0.6) is 0 Å². The SMILES string of the molecule is CCC(=O)NCCN1CCCCCC1. The zero-order valence-electron chi connectivity index (χ0n) is 9.22. The fourth-order valence-electron chi connectivity index (χ4n) is 1.84. The van der Waals surface area contributed by atoms with Gasteiger partial charge in [-0.15, -0.1) is 0 Å². The van der Waals surface area contributed by atoms with Gasteiger partial charge in [-0.2, -0.15) is 0 Å². The molecule has 14 heavy (non-hydrogen) atoms. The molecule has 0 saturated carbocycles. The van der Waals surface area contributed by atoms with Gasteiger partial charge in [0, 0.05) is 19.5 Å². The van der Waals surface area contributed by atoms with Crippen LogP contribution in [0.4, 0.5) is 0 Å². The van der Waals surface area contributed by atoms with Gasteiger partial charge in [-0.3, -0.25) is 4.79 Å². The van der Waals surface area contributed by atoms with Gasteiger partial charge in [0.2, 0.25) is 5.91 Å². The number of hydrogen-bond acceptors (Lipinski definition) is 2. The first-order chi connectivity index (χ1) is 6.83. The lowest BCUT2D eigenvalue weighted by Crippen LogP contribution is -2.35. The number of carbonyl (C=O) groups excluding carboxylic acids is 1. The molecule has 1 aliphatic rings. The van der Waals surface area contributed by atoms with E-state index in [-0.39, 0.29) is 5.91 Å². The molecule has 82 valence electrons. The maximum absolute atomic E-state index is 11.0. The number of hydrogen-bond donors (Lipinski definition) is 1. The van der Waals surface area contributed by atoms with E-state index in [4.69, 9.17) is 0 Å². The Hall–Kier alpha value is -0.570. The zero-order valence-corrected chi connectivity index (χ0v) is 9.22. The summed E-state index contributed by atoms with van der Waals surface area (Å²) >= 11 is 0. The van der Waals surface area contributed by atoms with E-state index in [1.807, 2.05) is 6.92 Å². The standard InChI is InChI=1S/C11H22N2O/c1-2-11(14)12-7-10-13-8-5-3-4-6-9-13/h2-10H2,1H3,(H,12,14).